The van der Waals surface area contributed by atoms with Crippen LogP contribution in [0.15, 0.2) is 54.1 Å². The SMILES string of the molecule is N#CC1=CC(c2cc(NC3CCNCC3)c3cnccc3c2)CC(F)=C1. The van der Waals surface area contributed by atoms with Gasteiger partial charge in [-0.3, -0.25) is 4.98 Å². The standard InChI is InChI=1S/C21H21FN4/c22-18-8-14(12-23)7-16(10-18)17-9-15-1-4-25-13-20(15)21(11-17)26-19-2-5-24-6-3-19/h1,4,7-9,11,13,16,19,24,26H,2-3,5-6,10H2. The molecule has 1 aromatic heterocycles. The number of nitrogens with zero attached hydrogens (tertiary/aromatic N) is 2. The molecule has 132 valence electrons. The molecule has 1 aliphatic heterocycles. The van der Waals surface area contributed by atoms with Gasteiger partial charge in [-0.2, -0.15) is 5.26 Å². The van der Waals surface area contributed by atoms with E-state index in [0.717, 1.165) is 48.0 Å². The smallest absolute Gasteiger partial charge is 0.102 e. The molecule has 1 aliphatic carbocycles. The van der Waals surface area contributed by atoms with Gasteiger partial charge in [0.2, 0.25) is 0 Å². The van der Waals surface area contributed by atoms with Crippen LogP contribution in [-0.4, -0.2) is 24.1 Å². The highest BCUT2D eigenvalue weighted by Crippen LogP contribution is 2.36. The lowest BCUT2D eigenvalue weighted by Crippen LogP contribution is -2.35. The summed E-state index contributed by atoms with van der Waals surface area (Å²) in [6.45, 7) is 2.03. The minimum atomic E-state index is -0.239. The van der Waals surface area contributed by atoms with Gasteiger partial charge in [-0.15, -0.1) is 0 Å². The maximum atomic E-state index is 14.0. The van der Waals surface area contributed by atoms with Crippen LogP contribution >= 0.6 is 0 Å². The summed E-state index contributed by atoms with van der Waals surface area (Å²) in [6, 6.07) is 8.65. The normalized spacial score (nSPS) is 21.0. The molecular formula is C21H21FN4. The Morgan fingerprint density at radius 3 is 2.92 bits per heavy atom. The first-order valence-electron chi connectivity index (χ1n) is 9.06. The second kappa shape index (κ2) is 7.27. The molecule has 26 heavy (non-hydrogen) atoms. The number of hydrogen-bond acceptors (Lipinski definition) is 4. The quantitative estimate of drug-likeness (QED) is 0.873. The van der Waals surface area contributed by atoms with Crippen LogP contribution in [0.4, 0.5) is 10.1 Å². The third-order valence-corrected chi connectivity index (χ3v) is 5.14. The summed E-state index contributed by atoms with van der Waals surface area (Å²) in [5.41, 5.74) is 2.46. The molecular weight excluding hydrogens is 327 g/mol. The van der Waals surface area contributed by atoms with Crippen LogP contribution < -0.4 is 10.6 Å². The summed E-state index contributed by atoms with van der Waals surface area (Å²) in [7, 11) is 0. The fourth-order valence-corrected chi connectivity index (χ4v) is 3.79. The van der Waals surface area contributed by atoms with Crippen molar-refractivity contribution in [2.75, 3.05) is 18.4 Å². The van der Waals surface area contributed by atoms with Crippen LogP contribution in [0.2, 0.25) is 0 Å². The number of allylic oxidation sites excluding steroid dienone is 4. The first kappa shape index (κ1) is 16.7. The molecule has 0 amide bonds. The maximum Gasteiger partial charge on any atom is 0.102 e. The molecule has 1 saturated heterocycles. The van der Waals surface area contributed by atoms with Gasteiger partial charge < -0.3 is 10.6 Å². The number of pyridine rings is 1. The predicted octanol–water partition coefficient (Wildman–Crippen LogP) is 4.19. The minimum Gasteiger partial charge on any atom is -0.382 e. The van der Waals surface area contributed by atoms with Crippen LogP contribution in [0.5, 0.6) is 0 Å². The molecule has 0 radical (unpaired) electrons. The molecule has 1 atom stereocenters. The Kier molecular flexibility index (Phi) is 4.68. The molecule has 1 aromatic carbocycles. The fourth-order valence-electron chi connectivity index (χ4n) is 3.79. The highest BCUT2D eigenvalue weighted by atomic mass is 19.1. The molecule has 2 aliphatic rings. The summed E-state index contributed by atoms with van der Waals surface area (Å²) < 4.78 is 14.0. The van der Waals surface area contributed by atoms with Gasteiger partial charge in [-0.1, -0.05) is 12.1 Å². The number of aromatic nitrogens is 1. The van der Waals surface area contributed by atoms with E-state index in [0.29, 0.717) is 18.0 Å². The third kappa shape index (κ3) is 3.47. The molecule has 0 spiro atoms. The second-order valence-corrected chi connectivity index (χ2v) is 6.97. The van der Waals surface area contributed by atoms with Crippen molar-refractivity contribution in [3.63, 3.8) is 0 Å². The lowest BCUT2D eigenvalue weighted by Gasteiger charge is -2.26. The summed E-state index contributed by atoms with van der Waals surface area (Å²) in [4.78, 5) is 4.27. The van der Waals surface area contributed by atoms with E-state index < -0.39 is 0 Å². The van der Waals surface area contributed by atoms with Crippen molar-refractivity contribution in [3.8, 4) is 6.07 Å². The van der Waals surface area contributed by atoms with Gasteiger partial charge in [0.1, 0.15) is 5.83 Å². The van der Waals surface area contributed by atoms with E-state index in [2.05, 4.69) is 33.8 Å². The summed E-state index contributed by atoms with van der Waals surface area (Å²) in [6.07, 6.45) is 9.29. The number of benzene rings is 1. The van der Waals surface area contributed by atoms with Gasteiger partial charge in [0, 0.05) is 41.8 Å². The second-order valence-electron chi connectivity index (χ2n) is 6.97. The van der Waals surface area contributed by atoms with Crippen molar-refractivity contribution in [1.29, 1.82) is 5.26 Å². The number of piperidine rings is 1. The molecule has 1 unspecified atom stereocenters. The molecule has 2 aromatic rings. The highest BCUT2D eigenvalue weighted by Gasteiger charge is 2.20. The Morgan fingerprint density at radius 2 is 2.12 bits per heavy atom. The Balaban J connectivity index is 1.73. The zero-order chi connectivity index (χ0) is 17.9. The van der Waals surface area contributed by atoms with E-state index in [1.165, 1.54) is 6.08 Å². The zero-order valence-electron chi connectivity index (χ0n) is 14.5. The predicted molar refractivity (Wildman–Crippen MR) is 102 cm³/mol. The number of nitrogens with one attached hydrogen (secondary N) is 2. The number of hydrogen-bond donors (Lipinski definition) is 2. The average molecular weight is 348 g/mol. The Hall–Kier alpha value is -2.71. The van der Waals surface area contributed by atoms with Crippen molar-refractivity contribution in [3.05, 3.63) is 59.7 Å². The van der Waals surface area contributed by atoms with Gasteiger partial charge in [-0.05, 0) is 55.1 Å². The van der Waals surface area contributed by atoms with Crippen LogP contribution in [-0.2, 0) is 0 Å². The molecule has 4 nitrogen and oxygen atoms in total. The minimum absolute atomic E-state index is 0.124. The average Bonchev–Trinajstić information content (AvgIpc) is 2.68. The molecule has 2 heterocycles. The van der Waals surface area contributed by atoms with E-state index >= 15 is 0 Å². The molecule has 4 rings (SSSR count). The monoisotopic (exact) mass is 348 g/mol. The first-order chi connectivity index (χ1) is 12.7. The van der Waals surface area contributed by atoms with Crippen LogP contribution in [0.25, 0.3) is 10.8 Å². The van der Waals surface area contributed by atoms with Gasteiger partial charge in [0.05, 0.1) is 11.6 Å². The van der Waals surface area contributed by atoms with E-state index in [1.54, 1.807) is 6.20 Å². The molecule has 0 bridgehead atoms. The van der Waals surface area contributed by atoms with Crippen molar-refractivity contribution >= 4 is 16.5 Å². The van der Waals surface area contributed by atoms with E-state index in [9.17, 15) is 4.39 Å². The number of halogens is 1. The van der Waals surface area contributed by atoms with Crippen molar-refractivity contribution in [2.45, 2.75) is 31.2 Å². The molecule has 0 saturated carbocycles. The van der Waals surface area contributed by atoms with Gasteiger partial charge in [0.25, 0.3) is 0 Å². The van der Waals surface area contributed by atoms with Crippen LogP contribution in [0.3, 0.4) is 0 Å². The largest absolute Gasteiger partial charge is 0.382 e. The Morgan fingerprint density at radius 1 is 1.27 bits per heavy atom. The lowest BCUT2D eigenvalue weighted by atomic mass is 9.88. The molecule has 1 fully saturated rings. The first-order valence-corrected chi connectivity index (χ1v) is 9.06. The van der Waals surface area contributed by atoms with Crippen molar-refractivity contribution < 1.29 is 4.39 Å². The van der Waals surface area contributed by atoms with Crippen molar-refractivity contribution in [1.82, 2.24) is 10.3 Å². The number of nitriles is 1. The number of rotatable bonds is 3. The van der Waals surface area contributed by atoms with E-state index in [4.69, 9.17) is 5.26 Å². The highest BCUT2D eigenvalue weighted by molar-refractivity contribution is 5.94. The number of fused-ring (bicyclic) bond motifs is 1. The zero-order valence-corrected chi connectivity index (χ0v) is 14.5. The molecule has 5 heteroatoms. The Bertz CT molecular complexity index is 919. The fraction of sp³-hybridized carbons (Fsp3) is 0.333. The summed E-state index contributed by atoms with van der Waals surface area (Å²) in [5.74, 6) is -0.363. The van der Waals surface area contributed by atoms with Gasteiger partial charge in [-0.25, -0.2) is 4.39 Å². The lowest BCUT2D eigenvalue weighted by molar-refractivity contribution is 0.479. The van der Waals surface area contributed by atoms with Crippen LogP contribution in [0, 0.1) is 11.3 Å². The topological polar surface area (TPSA) is 60.7 Å². The number of anilines is 1. The summed E-state index contributed by atoms with van der Waals surface area (Å²) >= 11 is 0. The Labute approximate surface area is 152 Å². The van der Waals surface area contributed by atoms with E-state index in [1.807, 2.05) is 18.3 Å². The van der Waals surface area contributed by atoms with Crippen molar-refractivity contribution in [2.24, 2.45) is 0 Å². The van der Waals surface area contributed by atoms with Gasteiger partial charge in [0.15, 0.2) is 0 Å². The maximum absolute atomic E-state index is 14.0. The van der Waals surface area contributed by atoms with Crippen LogP contribution in [0.1, 0.15) is 30.7 Å². The summed E-state index contributed by atoms with van der Waals surface area (Å²) in [5, 5.41) is 18.4. The molecule has 2 N–H and O–H groups in total. The van der Waals surface area contributed by atoms with E-state index in [-0.39, 0.29) is 11.7 Å². The third-order valence-electron chi connectivity index (χ3n) is 5.14. The van der Waals surface area contributed by atoms with Gasteiger partial charge >= 0.3 is 0 Å².